The van der Waals surface area contributed by atoms with Gasteiger partial charge in [0.15, 0.2) is 0 Å². The molecule has 7 heteroatoms. The fourth-order valence-corrected chi connectivity index (χ4v) is 3.00. The molecular weight excluding hydrogens is 311 g/mol. The number of nitrogens with zero attached hydrogens (tertiary/aromatic N) is 2. The van der Waals surface area contributed by atoms with E-state index < -0.39 is 0 Å². The number of aryl methyl sites for hydroxylation is 1. The molecule has 6 nitrogen and oxygen atoms in total. The number of carbonyl (C=O) groups is 1. The van der Waals surface area contributed by atoms with Crippen LogP contribution in [-0.4, -0.2) is 45.5 Å². The normalized spacial score (nSPS) is 18.2. The van der Waals surface area contributed by atoms with Crippen molar-refractivity contribution in [1.82, 2.24) is 19.9 Å². The van der Waals surface area contributed by atoms with Crippen LogP contribution >= 0.6 is 0 Å². The number of hydrogen-bond donors (Lipinski definition) is 2. The molecule has 1 aliphatic heterocycles. The number of amides is 1. The van der Waals surface area contributed by atoms with Crippen LogP contribution in [-0.2, 0) is 4.74 Å². The molecule has 3 heterocycles. The summed E-state index contributed by atoms with van der Waals surface area (Å²) in [6, 6.07) is 6.46. The molecule has 0 bridgehead atoms. The SMILES string of the molecule is Cc1cnc([C@H]2CN(C(=O)c3cc4cccc(F)c4[nH]3)CCO2)[nH]1. The molecule has 2 N–H and O–H groups in total. The van der Waals surface area contributed by atoms with Gasteiger partial charge >= 0.3 is 0 Å². The molecular formula is C17H17FN4O2. The van der Waals surface area contributed by atoms with Crippen molar-refractivity contribution in [3.05, 3.63) is 53.5 Å². The molecule has 124 valence electrons. The fourth-order valence-electron chi connectivity index (χ4n) is 3.00. The monoisotopic (exact) mass is 328 g/mol. The first-order chi connectivity index (χ1) is 11.6. The summed E-state index contributed by atoms with van der Waals surface area (Å²) in [5.41, 5.74) is 1.68. The van der Waals surface area contributed by atoms with E-state index in [0.29, 0.717) is 42.1 Å². The van der Waals surface area contributed by atoms with Gasteiger partial charge in [0.05, 0.1) is 18.7 Å². The number of imidazole rings is 1. The summed E-state index contributed by atoms with van der Waals surface area (Å²) >= 11 is 0. The standard InChI is InChI=1S/C17H17FN4O2/c1-10-8-19-16(20-10)14-9-22(5-6-24-14)17(23)13-7-11-3-2-4-12(18)15(11)21-13/h2-4,7-8,14,21H,5-6,9H2,1H3,(H,19,20)/t14-/m1/s1. The number of H-pyrrole nitrogens is 2. The Bertz CT molecular complexity index is 901. The largest absolute Gasteiger partial charge is 0.367 e. The topological polar surface area (TPSA) is 74.0 Å². The van der Waals surface area contributed by atoms with Crippen molar-refractivity contribution in [1.29, 1.82) is 0 Å². The maximum Gasteiger partial charge on any atom is 0.270 e. The first-order valence-electron chi connectivity index (χ1n) is 7.81. The molecule has 4 rings (SSSR count). The number of nitrogens with one attached hydrogen (secondary N) is 2. The highest BCUT2D eigenvalue weighted by molar-refractivity contribution is 5.98. The van der Waals surface area contributed by atoms with Crippen molar-refractivity contribution in [2.45, 2.75) is 13.0 Å². The zero-order valence-corrected chi connectivity index (χ0v) is 13.2. The van der Waals surface area contributed by atoms with E-state index >= 15 is 0 Å². The lowest BCUT2D eigenvalue weighted by Crippen LogP contribution is -2.42. The van der Waals surface area contributed by atoms with Gasteiger partial charge < -0.3 is 19.6 Å². The third kappa shape index (κ3) is 2.56. The summed E-state index contributed by atoms with van der Waals surface area (Å²) in [4.78, 5) is 24.8. The van der Waals surface area contributed by atoms with E-state index in [2.05, 4.69) is 15.0 Å². The van der Waals surface area contributed by atoms with Gasteiger partial charge in [-0.25, -0.2) is 9.37 Å². The first-order valence-corrected chi connectivity index (χ1v) is 7.81. The van der Waals surface area contributed by atoms with Crippen molar-refractivity contribution in [3.63, 3.8) is 0 Å². The van der Waals surface area contributed by atoms with Gasteiger partial charge in [-0.05, 0) is 19.1 Å². The summed E-state index contributed by atoms with van der Waals surface area (Å²) in [5.74, 6) is 0.187. The summed E-state index contributed by atoms with van der Waals surface area (Å²) in [5, 5.41) is 0.685. The second kappa shape index (κ2) is 5.76. The average Bonchev–Trinajstić information content (AvgIpc) is 3.21. The number of rotatable bonds is 2. The fraction of sp³-hybridized carbons (Fsp3) is 0.294. The highest BCUT2D eigenvalue weighted by atomic mass is 19.1. The highest BCUT2D eigenvalue weighted by Crippen LogP contribution is 2.23. The minimum Gasteiger partial charge on any atom is -0.367 e. The van der Waals surface area contributed by atoms with E-state index in [1.54, 1.807) is 29.3 Å². The Kier molecular flexibility index (Phi) is 3.57. The van der Waals surface area contributed by atoms with Crippen LogP contribution in [0.25, 0.3) is 10.9 Å². The number of aromatic nitrogens is 3. The number of aromatic amines is 2. The molecule has 1 atom stereocenters. The molecule has 0 saturated carbocycles. The van der Waals surface area contributed by atoms with E-state index in [9.17, 15) is 9.18 Å². The smallest absolute Gasteiger partial charge is 0.270 e. The minimum absolute atomic E-state index is 0.165. The number of fused-ring (bicyclic) bond motifs is 1. The molecule has 1 saturated heterocycles. The lowest BCUT2D eigenvalue weighted by Gasteiger charge is -2.31. The van der Waals surface area contributed by atoms with Crippen LogP contribution in [0.4, 0.5) is 4.39 Å². The Hall–Kier alpha value is -2.67. The zero-order chi connectivity index (χ0) is 16.7. The molecule has 3 aromatic rings. The van der Waals surface area contributed by atoms with E-state index in [1.165, 1.54) is 6.07 Å². The van der Waals surface area contributed by atoms with Crippen molar-refractivity contribution in [2.24, 2.45) is 0 Å². The Labute approximate surface area is 137 Å². The van der Waals surface area contributed by atoms with Crippen LogP contribution in [0.3, 0.4) is 0 Å². The van der Waals surface area contributed by atoms with Gasteiger partial charge in [0, 0.05) is 23.8 Å². The summed E-state index contributed by atoms with van der Waals surface area (Å²) in [7, 11) is 0. The third-order valence-corrected chi connectivity index (χ3v) is 4.22. The molecule has 1 aliphatic rings. The van der Waals surface area contributed by atoms with Crippen molar-refractivity contribution in [2.75, 3.05) is 19.7 Å². The Morgan fingerprint density at radius 2 is 2.29 bits per heavy atom. The summed E-state index contributed by atoms with van der Waals surface area (Å²) in [6.07, 6.45) is 1.46. The van der Waals surface area contributed by atoms with Crippen LogP contribution in [0.1, 0.15) is 28.1 Å². The predicted octanol–water partition coefficient (Wildman–Crippen LogP) is 2.55. The van der Waals surface area contributed by atoms with Crippen molar-refractivity contribution < 1.29 is 13.9 Å². The molecule has 24 heavy (non-hydrogen) atoms. The molecule has 1 amide bonds. The van der Waals surface area contributed by atoms with E-state index in [0.717, 1.165) is 5.69 Å². The number of benzene rings is 1. The number of morpholine rings is 1. The molecule has 0 aliphatic carbocycles. The molecule has 1 aromatic carbocycles. The van der Waals surface area contributed by atoms with Crippen molar-refractivity contribution >= 4 is 16.8 Å². The van der Waals surface area contributed by atoms with E-state index in [-0.39, 0.29) is 17.8 Å². The number of ether oxygens (including phenoxy) is 1. The number of para-hydroxylation sites is 1. The molecule has 0 radical (unpaired) electrons. The van der Waals surface area contributed by atoms with Crippen LogP contribution < -0.4 is 0 Å². The van der Waals surface area contributed by atoms with Crippen LogP contribution in [0, 0.1) is 12.7 Å². The predicted molar refractivity (Wildman–Crippen MR) is 86.2 cm³/mol. The maximum absolute atomic E-state index is 13.8. The Morgan fingerprint density at radius 3 is 3.04 bits per heavy atom. The van der Waals surface area contributed by atoms with Crippen LogP contribution in [0.15, 0.2) is 30.5 Å². The Balaban J connectivity index is 1.57. The van der Waals surface area contributed by atoms with Gasteiger partial charge in [-0.15, -0.1) is 0 Å². The van der Waals surface area contributed by atoms with Gasteiger partial charge in [0.25, 0.3) is 5.91 Å². The van der Waals surface area contributed by atoms with Gasteiger partial charge in [0.1, 0.15) is 23.4 Å². The zero-order valence-electron chi connectivity index (χ0n) is 13.2. The third-order valence-electron chi connectivity index (χ3n) is 4.22. The van der Waals surface area contributed by atoms with E-state index in [4.69, 9.17) is 4.74 Å². The van der Waals surface area contributed by atoms with Gasteiger partial charge in [0.2, 0.25) is 0 Å². The second-order valence-corrected chi connectivity index (χ2v) is 5.95. The van der Waals surface area contributed by atoms with Crippen molar-refractivity contribution in [3.8, 4) is 0 Å². The molecule has 0 unspecified atom stereocenters. The van der Waals surface area contributed by atoms with E-state index in [1.807, 2.05) is 6.92 Å². The number of carbonyl (C=O) groups excluding carboxylic acids is 1. The number of hydrogen-bond acceptors (Lipinski definition) is 3. The van der Waals surface area contributed by atoms with Crippen LogP contribution in [0.2, 0.25) is 0 Å². The second-order valence-electron chi connectivity index (χ2n) is 5.95. The lowest BCUT2D eigenvalue weighted by atomic mass is 10.2. The van der Waals surface area contributed by atoms with Gasteiger partial charge in [-0.3, -0.25) is 4.79 Å². The summed E-state index contributed by atoms with van der Waals surface area (Å²) in [6.45, 7) is 3.25. The van der Waals surface area contributed by atoms with Gasteiger partial charge in [-0.2, -0.15) is 0 Å². The minimum atomic E-state index is -0.363. The lowest BCUT2D eigenvalue weighted by molar-refractivity contribution is -0.0266. The highest BCUT2D eigenvalue weighted by Gasteiger charge is 2.28. The van der Waals surface area contributed by atoms with Gasteiger partial charge in [-0.1, -0.05) is 12.1 Å². The maximum atomic E-state index is 13.8. The first kappa shape index (κ1) is 14.9. The Morgan fingerprint density at radius 1 is 1.42 bits per heavy atom. The molecule has 2 aromatic heterocycles. The quantitative estimate of drug-likeness (QED) is 0.759. The number of halogens is 1. The average molecular weight is 328 g/mol. The van der Waals surface area contributed by atoms with Crippen LogP contribution in [0.5, 0.6) is 0 Å². The molecule has 1 fully saturated rings. The summed E-state index contributed by atoms with van der Waals surface area (Å²) < 4.78 is 19.5. The molecule has 0 spiro atoms.